The molecule has 0 aliphatic carbocycles. The fourth-order valence-corrected chi connectivity index (χ4v) is 3.14. The molecule has 0 aliphatic rings. The molecule has 2 aromatic rings. The molecule has 2 nitrogen and oxygen atoms in total. The lowest BCUT2D eigenvalue weighted by Gasteiger charge is -2.06. The van der Waals surface area contributed by atoms with Crippen molar-refractivity contribution in [3.63, 3.8) is 0 Å². The Balaban J connectivity index is 2.29. The molecule has 0 fully saturated rings. The minimum absolute atomic E-state index is 0.0495. The molecule has 1 aromatic heterocycles. The summed E-state index contributed by atoms with van der Waals surface area (Å²) in [4.78, 5) is 12.1. The second kappa shape index (κ2) is 8.35. The van der Waals surface area contributed by atoms with Crippen LogP contribution in [0.25, 0.3) is 11.1 Å². The number of halogens is 1. The first-order valence-electron chi connectivity index (χ1n) is 8.43. The van der Waals surface area contributed by atoms with Gasteiger partial charge in [-0.05, 0) is 38.0 Å². The first kappa shape index (κ1) is 17.8. The van der Waals surface area contributed by atoms with Crippen LogP contribution < -0.4 is 0 Å². The molecule has 1 aromatic carbocycles. The quantitative estimate of drug-likeness (QED) is 0.401. The van der Waals surface area contributed by atoms with Gasteiger partial charge in [-0.25, -0.2) is 0 Å². The van der Waals surface area contributed by atoms with E-state index < -0.39 is 0 Å². The van der Waals surface area contributed by atoms with E-state index in [1.54, 1.807) is 6.92 Å². The molecular weight excluding hydrogens is 308 g/mol. The average molecular weight is 333 g/mol. The summed E-state index contributed by atoms with van der Waals surface area (Å²) in [5.74, 6) is 1.69. The number of hydrogen-bond donors (Lipinski definition) is 0. The van der Waals surface area contributed by atoms with Gasteiger partial charge >= 0.3 is 0 Å². The van der Waals surface area contributed by atoms with Gasteiger partial charge in [0.1, 0.15) is 11.5 Å². The summed E-state index contributed by atoms with van der Waals surface area (Å²) < 4.78 is 5.94. The number of carbonyl (C=O) groups is 1. The summed E-state index contributed by atoms with van der Waals surface area (Å²) in [7, 11) is 0. The zero-order chi connectivity index (χ0) is 16.8. The van der Waals surface area contributed by atoms with Crippen LogP contribution >= 0.6 is 11.6 Å². The third-order valence-electron chi connectivity index (χ3n) is 4.15. The van der Waals surface area contributed by atoms with Crippen molar-refractivity contribution in [3.05, 3.63) is 46.4 Å². The molecule has 0 saturated heterocycles. The molecule has 0 spiro atoms. The molecule has 0 N–H and O–H groups in total. The van der Waals surface area contributed by atoms with Gasteiger partial charge < -0.3 is 4.42 Å². The van der Waals surface area contributed by atoms with E-state index in [2.05, 4.69) is 6.92 Å². The molecule has 1 heterocycles. The molecule has 0 radical (unpaired) electrons. The number of furan rings is 1. The van der Waals surface area contributed by atoms with E-state index in [1.807, 2.05) is 31.2 Å². The number of aryl methyl sites for hydroxylation is 2. The van der Waals surface area contributed by atoms with Crippen LogP contribution in [0.1, 0.15) is 67.8 Å². The van der Waals surface area contributed by atoms with Gasteiger partial charge in [0.2, 0.25) is 0 Å². The van der Waals surface area contributed by atoms with Crippen molar-refractivity contribution in [3.8, 4) is 11.1 Å². The van der Waals surface area contributed by atoms with Gasteiger partial charge in [0.25, 0.3) is 0 Å². The van der Waals surface area contributed by atoms with Crippen LogP contribution in [-0.4, -0.2) is 5.78 Å². The molecule has 0 amide bonds. The molecule has 0 saturated carbocycles. The second-order valence-electron chi connectivity index (χ2n) is 6.06. The number of rotatable bonds is 8. The Morgan fingerprint density at radius 2 is 1.74 bits per heavy atom. The van der Waals surface area contributed by atoms with E-state index in [9.17, 15) is 4.79 Å². The topological polar surface area (TPSA) is 30.2 Å². The predicted molar refractivity (Wildman–Crippen MR) is 96.4 cm³/mol. The SMILES string of the molecule is CCCCCCCc1oc(C)c(C(C)=O)c1-c1ccc(Cl)cc1. The van der Waals surface area contributed by atoms with Crippen molar-refractivity contribution in [2.24, 2.45) is 0 Å². The molecule has 0 bridgehead atoms. The van der Waals surface area contributed by atoms with Gasteiger partial charge in [-0.15, -0.1) is 0 Å². The second-order valence-corrected chi connectivity index (χ2v) is 6.50. The number of Topliss-reactive ketones (excluding diaryl/α,β-unsaturated/α-hetero) is 1. The predicted octanol–water partition coefficient (Wildman–Crippen LogP) is 6.62. The lowest BCUT2D eigenvalue weighted by molar-refractivity contribution is 0.101. The molecule has 2 rings (SSSR count). The van der Waals surface area contributed by atoms with Crippen LogP contribution in [0.5, 0.6) is 0 Å². The fourth-order valence-electron chi connectivity index (χ4n) is 3.01. The molecule has 0 unspecified atom stereocenters. The fraction of sp³-hybridized carbons (Fsp3) is 0.450. The normalized spacial score (nSPS) is 11.0. The number of hydrogen-bond acceptors (Lipinski definition) is 2. The molecular formula is C20H25ClO2. The number of ketones is 1. The van der Waals surface area contributed by atoms with Crippen molar-refractivity contribution >= 4 is 17.4 Å². The number of carbonyl (C=O) groups excluding carboxylic acids is 1. The Labute approximate surface area is 143 Å². The summed E-state index contributed by atoms with van der Waals surface area (Å²) in [6.45, 7) is 5.69. The highest BCUT2D eigenvalue weighted by Crippen LogP contribution is 2.34. The van der Waals surface area contributed by atoms with E-state index in [0.29, 0.717) is 16.3 Å². The van der Waals surface area contributed by atoms with E-state index in [0.717, 1.165) is 29.7 Å². The van der Waals surface area contributed by atoms with E-state index in [1.165, 1.54) is 25.7 Å². The van der Waals surface area contributed by atoms with Crippen LogP contribution in [-0.2, 0) is 6.42 Å². The summed E-state index contributed by atoms with van der Waals surface area (Å²) in [6, 6.07) is 7.63. The van der Waals surface area contributed by atoms with Crippen LogP contribution in [0.3, 0.4) is 0 Å². The largest absolute Gasteiger partial charge is 0.465 e. The van der Waals surface area contributed by atoms with Crippen LogP contribution in [0, 0.1) is 6.92 Å². The van der Waals surface area contributed by atoms with Crippen molar-refractivity contribution < 1.29 is 9.21 Å². The maximum Gasteiger partial charge on any atom is 0.163 e. The Bertz CT molecular complexity index is 653. The first-order chi connectivity index (χ1) is 11.0. The highest BCUT2D eigenvalue weighted by Gasteiger charge is 2.21. The number of benzene rings is 1. The third-order valence-corrected chi connectivity index (χ3v) is 4.40. The first-order valence-corrected chi connectivity index (χ1v) is 8.81. The van der Waals surface area contributed by atoms with Crippen molar-refractivity contribution in [1.29, 1.82) is 0 Å². The van der Waals surface area contributed by atoms with Gasteiger partial charge in [-0.3, -0.25) is 4.79 Å². The molecule has 0 atom stereocenters. The van der Waals surface area contributed by atoms with Crippen molar-refractivity contribution in [1.82, 2.24) is 0 Å². The lowest BCUT2D eigenvalue weighted by Crippen LogP contribution is -1.96. The summed E-state index contributed by atoms with van der Waals surface area (Å²) in [6.07, 6.45) is 6.93. The highest BCUT2D eigenvalue weighted by atomic mass is 35.5. The van der Waals surface area contributed by atoms with Crippen LogP contribution in [0.4, 0.5) is 0 Å². The van der Waals surface area contributed by atoms with E-state index in [-0.39, 0.29) is 5.78 Å². The Hall–Kier alpha value is -1.54. The zero-order valence-corrected chi connectivity index (χ0v) is 15.0. The smallest absolute Gasteiger partial charge is 0.163 e. The maximum atomic E-state index is 12.1. The summed E-state index contributed by atoms with van der Waals surface area (Å²) in [5, 5.41) is 0.694. The maximum absolute atomic E-state index is 12.1. The zero-order valence-electron chi connectivity index (χ0n) is 14.2. The Morgan fingerprint density at radius 1 is 1.09 bits per heavy atom. The summed E-state index contributed by atoms with van der Waals surface area (Å²) >= 11 is 5.99. The van der Waals surface area contributed by atoms with Crippen molar-refractivity contribution in [2.45, 2.75) is 59.3 Å². The van der Waals surface area contributed by atoms with Crippen molar-refractivity contribution in [2.75, 3.05) is 0 Å². The molecule has 23 heavy (non-hydrogen) atoms. The van der Waals surface area contributed by atoms with E-state index in [4.69, 9.17) is 16.0 Å². The number of unbranched alkanes of at least 4 members (excludes halogenated alkanes) is 4. The molecule has 0 aliphatic heterocycles. The Morgan fingerprint density at radius 3 is 2.35 bits per heavy atom. The van der Waals surface area contributed by atoms with Crippen LogP contribution in [0.15, 0.2) is 28.7 Å². The lowest BCUT2D eigenvalue weighted by atomic mass is 9.96. The average Bonchev–Trinajstić information content (AvgIpc) is 2.84. The van der Waals surface area contributed by atoms with Gasteiger partial charge in [0, 0.05) is 17.0 Å². The highest BCUT2D eigenvalue weighted by molar-refractivity contribution is 6.30. The Kier molecular flexibility index (Phi) is 6.47. The van der Waals surface area contributed by atoms with Gasteiger partial charge in [0.05, 0.1) is 5.56 Å². The van der Waals surface area contributed by atoms with Crippen LogP contribution in [0.2, 0.25) is 5.02 Å². The third kappa shape index (κ3) is 4.48. The monoisotopic (exact) mass is 332 g/mol. The van der Waals surface area contributed by atoms with Gasteiger partial charge in [-0.2, -0.15) is 0 Å². The van der Waals surface area contributed by atoms with Gasteiger partial charge in [-0.1, -0.05) is 56.3 Å². The van der Waals surface area contributed by atoms with E-state index >= 15 is 0 Å². The molecule has 3 heteroatoms. The molecule has 124 valence electrons. The summed E-state index contributed by atoms with van der Waals surface area (Å²) in [5.41, 5.74) is 2.65. The standard InChI is InChI=1S/C20H25ClO2/c1-4-5-6-7-8-9-18-20(16-10-12-17(21)13-11-16)19(14(2)22)15(3)23-18/h10-13H,4-9H2,1-3H3. The minimum Gasteiger partial charge on any atom is -0.465 e. The van der Waals surface area contributed by atoms with Gasteiger partial charge in [0.15, 0.2) is 5.78 Å². The minimum atomic E-state index is 0.0495.